The van der Waals surface area contributed by atoms with E-state index in [1.165, 1.54) is 0 Å². The molecule has 2 aromatic carbocycles. The molecular formula is C20H18ClN3O2. The fourth-order valence-corrected chi connectivity index (χ4v) is 3.67. The van der Waals surface area contributed by atoms with Crippen molar-refractivity contribution in [3.63, 3.8) is 0 Å². The molecule has 0 aliphatic carbocycles. The lowest BCUT2D eigenvalue weighted by atomic mass is 9.96. The molecule has 0 saturated carbocycles. The monoisotopic (exact) mass is 367 g/mol. The number of carbonyl (C=O) groups excluding carboxylic acids is 1. The first kappa shape index (κ1) is 16.7. The molecule has 2 N–H and O–H groups in total. The van der Waals surface area contributed by atoms with Crippen molar-refractivity contribution in [3.05, 3.63) is 64.8 Å². The Balaban J connectivity index is 1.89. The van der Waals surface area contributed by atoms with Crippen molar-refractivity contribution in [3.8, 4) is 5.75 Å². The van der Waals surface area contributed by atoms with Crippen molar-refractivity contribution in [2.24, 2.45) is 5.73 Å². The third-order valence-electron chi connectivity index (χ3n) is 4.73. The van der Waals surface area contributed by atoms with E-state index in [-0.39, 0.29) is 6.04 Å². The Morgan fingerprint density at radius 1 is 1.31 bits per heavy atom. The van der Waals surface area contributed by atoms with Crippen molar-refractivity contribution >= 4 is 34.2 Å². The first-order valence-electron chi connectivity index (χ1n) is 8.41. The largest absolute Gasteiger partial charge is 0.493 e. The number of pyridine rings is 1. The zero-order chi connectivity index (χ0) is 18.3. The van der Waals surface area contributed by atoms with E-state index in [1.54, 1.807) is 11.1 Å². The Bertz CT molecular complexity index is 1000. The van der Waals surface area contributed by atoms with Gasteiger partial charge in [0.2, 0.25) is 0 Å². The quantitative estimate of drug-likeness (QED) is 0.719. The van der Waals surface area contributed by atoms with Gasteiger partial charge in [-0.2, -0.15) is 0 Å². The highest BCUT2D eigenvalue weighted by atomic mass is 35.5. The third kappa shape index (κ3) is 2.74. The zero-order valence-electron chi connectivity index (χ0n) is 14.3. The number of rotatable bonds is 2. The molecule has 0 saturated heterocycles. The molecule has 4 rings (SSSR count). The summed E-state index contributed by atoms with van der Waals surface area (Å²) in [6, 6.07) is 12.5. The van der Waals surface area contributed by atoms with E-state index in [0.717, 1.165) is 33.5 Å². The van der Waals surface area contributed by atoms with Crippen LogP contribution in [0.1, 0.15) is 23.6 Å². The van der Waals surface area contributed by atoms with Crippen LogP contribution in [0.4, 0.5) is 10.5 Å². The van der Waals surface area contributed by atoms with Gasteiger partial charge in [-0.15, -0.1) is 0 Å². The van der Waals surface area contributed by atoms with Gasteiger partial charge in [0.25, 0.3) is 0 Å². The smallest absolute Gasteiger partial charge is 0.319 e. The summed E-state index contributed by atoms with van der Waals surface area (Å²) in [6.45, 7) is 2.43. The number of nitrogens with two attached hydrogens (primary N) is 1. The van der Waals surface area contributed by atoms with Crippen LogP contribution in [0.2, 0.25) is 5.02 Å². The minimum atomic E-state index is -0.518. The lowest BCUT2D eigenvalue weighted by molar-refractivity contribution is 0.240. The van der Waals surface area contributed by atoms with Crippen molar-refractivity contribution in [1.82, 2.24) is 4.98 Å². The van der Waals surface area contributed by atoms with Gasteiger partial charge in [0, 0.05) is 28.6 Å². The second-order valence-corrected chi connectivity index (χ2v) is 6.75. The number of aromatic nitrogens is 1. The highest BCUT2D eigenvalue weighted by Crippen LogP contribution is 2.42. The minimum Gasteiger partial charge on any atom is -0.493 e. The van der Waals surface area contributed by atoms with Crippen molar-refractivity contribution in [1.29, 1.82) is 0 Å². The van der Waals surface area contributed by atoms with Crippen molar-refractivity contribution in [2.45, 2.75) is 19.4 Å². The van der Waals surface area contributed by atoms with Gasteiger partial charge in [-0.1, -0.05) is 17.7 Å². The van der Waals surface area contributed by atoms with Gasteiger partial charge in [-0.05, 0) is 48.9 Å². The van der Waals surface area contributed by atoms with Crippen LogP contribution < -0.4 is 15.4 Å². The SMILES string of the molecule is Cc1cc2c(cc1Cl)C(N(C(N)=O)c1cccc3ncccc13)CCO2. The molecule has 1 unspecified atom stereocenters. The molecule has 2 heterocycles. The Morgan fingerprint density at radius 3 is 2.96 bits per heavy atom. The molecule has 1 aliphatic heterocycles. The highest BCUT2D eigenvalue weighted by molar-refractivity contribution is 6.31. The van der Waals surface area contributed by atoms with Crippen LogP contribution in [0.15, 0.2) is 48.7 Å². The summed E-state index contributed by atoms with van der Waals surface area (Å²) in [5, 5.41) is 1.52. The second-order valence-electron chi connectivity index (χ2n) is 6.35. The van der Waals surface area contributed by atoms with Crippen LogP contribution in [0.3, 0.4) is 0 Å². The summed E-state index contributed by atoms with van der Waals surface area (Å²) in [7, 11) is 0. The molecule has 1 aliphatic rings. The number of ether oxygens (including phenoxy) is 1. The van der Waals surface area contributed by atoms with Crippen LogP contribution in [0.25, 0.3) is 10.9 Å². The second kappa shape index (κ2) is 6.50. The van der Waals surface area contributed by atoms with Crippen LogP contribution in [-0.4, -0.2) is 17.6 Å². The minimum absolute atomic E-state index is 0.250. The maximum atomic E-state index is 12.5. The molecule has 132 valence electrons. The summed E-state index contributed by atoms with van der Waals surface area (Å²) in [4.78, 5) is 18.5. The molecular weight excluding hydrogens is 350 g/mol. The normalized spacial score (nSPS) is 16.0. The number of carbonyl (C=O) groups is 1. The number of nitrogens with zero attached hydrogens (tertiary/aromatic N) is 2. The van der Waals surface area contributed by atoms with E-state index in [1.807, 2.05) is 49.4 Å². The fourth-order valence-electron chi connectivity index (χ4n) is 3.50. The molecule has 0 bridgehead atoms. The number of anilines is 1. The number of hydrogen-bond donors (Lipinski definition) is 1. The van der Waals surface area contributed by atoms with E-state index in [9.17, 15) is 4.79 Å². The number of primary amides is 1. The zero-order valence-corrected chi connectivity index (χ0v) is 15.0. The Morgan fingerprint density at radius 2 is 2.15 bits per heavy atom. The van der Waals surface area contributed by atoms with Crippen LogP contribution in [-0.2, 0) is 0 Å². The fraction of sp³-hybridized carbons (Fsp3) is 0.200. The van der Waals surface area contributed by atoms with E-state index in [2.05, 4.69) is 4.98 Å². The Kier molecular flexibility index (Phi) is 4.17. The lowest BCUT2D eigenvalue weighted by Crippen LogP contribution is -2.41. The molecule has 6 heteroatoms. The molecule has 0 spiro atoms. The maximum absolute atomic E-state index is 12.5. The van der Waals surface area contributed by atoms with Gasteiger partial charge < -0.3 is 10.5 Å². The number of benzene rings is 2. The van der Waals surface area contributed by atoms with E-state index < -0.39 is 6.03 Å². The number of fused-ring (bicyclic) bond motifs is 2. The van der Waals surface area contributed by atoms with Crippen LogP contribution >= 0.6 is 11.6 Å². The molecule has 1 aromatic heterocycles. The van der Waals surface area contributed by atoms with Gasteiger partial charge >= 0.3 is 6.03 Å². The van der Waals surface area contributed by atoms with Gasteiger partial charge in [-0.3, -0.25) is 9.88 Å². The average molecular weight is 368 g/mol. The molecule has 0 fully saturated rings. The summed E-state index contributed by atoms with van der Waals surface area (Å²) < 4.78 is 5.79. The summed E-state index contributed by atoms with van der Waals surface area (Å²) in [5.41, 5.74) is 9.16. The summed E-state index contributed by atoms with van der Waals surface area (Å²) >= 11 is 6.34. The first-order valence-corrected chi connectivity index (χ1v) is 8.79. The van der Waals surface area contributed by atoms with Crippen LogP contribution in [0, 0.1) is 6.92 Å². The van der Waals surface area contributed by atoms with Gasteiger partial charge in [-0.25, -0.2) is 4.79 Å². The molecule has 3 aromatic rings. The molecule has 2 amide bonds. The number of hydrogen-bond acceptors (Lipinski definition) is 3. The summed E-state index contributed by atoms with van der Waals surface area (Å²) in [5.74, 6) is 0.743. The molecule has 1 atom stereocenters. The summed E-state index contributed by atoms with van der Waals surface area (Å²) in [6.07, 6.45) is 2.36. The van der Waals surface area contributed by atoms with E-state index in [4.69, 9.17) is 22.1 Å². The molecule has 26 heavy (non-hydrogen) atoms. The Hall–Kier alpha value is -2.79. The van der Waals surface area contributed by atoms with Gasteiger partial charge in [0.1, 0.15) is 5.75 Å². The number of urea groups is 1. The van der Waals surface area contributed by atoms with Gasteiger partial charge in [0.05, 0.1) is 23.9 Å². The maximum Gasteiger partial charge on any atom is 0.319 e. The highest BCUT2D eigenvalue weighted by Gasteiger charge is 2.32. The topological polar surface area (TPSA) is 68.5 Å². The van der Waals surface area contributed by atoms with E-state index in [0.29, 0.717) is 18.1 Å². The average Bonchev–Trinajstić information content (AvgIpc) is 2.63. The molecule has 5 nitrogen and oxygen atoms in total. The first-order chi connectivity index (χ1) is 12.6. The third-order valence-corrected chi connectivity index (χ3v) is 5.14. The number of halogens is 1. The predicted octanol–water partition coefficient (Wildman–Crippen LogP) is 4.61. The lowest BCUT2D eigenvalue weighted by Gasteiger charge is -2.35. The van der Waals surface area contributed by atoms with Gasteiger partial charge in [0.15, 0.2) is 0 Å². The predicted molar refractivity (Wildman–Crippen MR) is 103 cm³/mol. The Labute approximate surface area is 156 Å². The van der Waals surface area contributed by atoms with Crippen LogP contribution in [0.5, 0.6) is 5.75 Å². The van der Waals surface area contributed by atoms with Crippen molar-refractivity contribution < 1.29 is 9.53 Å². The number of amides is 2. The van der Waals surface area contributed by atoms with Crippen molar-refractivity contribution in [2.75, 3.05) is 11.5 Å². The van der Waals surface area contributed by atoms with E-state index >= 15 is 0 Å². The number of aryl methyl sites for hydroxylation is 1. The molecule has 0 radical (unpaired) electrons. The standard InChI is InChI=1S/C20H18ClN3O2/c1-12-10-19-14(11-15(12)21)18(7-9-26-19)24(20(22)25)17-6-2-5-16-13(17)4-3-8-23-16/h2-6,8,10-11,18H,7,9H2,1H3,(H2,22,25).